The highest BCUT2D eigenvalue weighted by Crippen LogP contribution is 2.18. The van der Waals surface area contributed by atoms with Crippen molar-refractivity contribution >= 4 is 0 Å². The van der Waals surface area contributed by atoms with Crippen LogP contribution in [0.15, 0.2) is 24.3 Å². The van der Waals surface area contributed by atoms with Crippen molar-refractivity contribution < 1.29 is 9.47 Å². The summed E-state index contributed by atoms with van der Waals surface area (Å²) >= 11 is 0. The van der Waals surface area contributed by atoms with Crippen LogP contribution in [0.3, 0.4) is 0 Å². The molecule has 0 aliphatic carbocycles. The molecule has 0 heterocycles. The summed E-state index contributed by atoms with van der Waals surface area (Å²) in [5.41, 5.74) is 0. The summed E-state index contributed by atoms with van der Waals surface area (Å²) in [6, 6.07) is 7.69. The molecule has 0 saturated heterocycles. The SMILES string of the molecule is CCN(CC)CCNCCOc1cccc(OC)c1. The van der Waals surface area contributed by atoms with Crippen LogP contribution in [0, 0.1) is 0 Å². The van der Waals surface area contributed by atoms with Gasteiger partial charge in [0.1, 0.15) is 18.1 Å². The fourth-order valence-electron chi connectivity index (χ4n) is 1.83. The summed E-state index contributed by atoms with van der Waals surface area (Å²) in [6.45, 7) is 10.2. The van der Waals surface area contributed by atoms with Crippen LogP contribution in [0.2, 0.25) is 0 Å². The molecule has 0 spiro atoms. The molecule has 0 aliphatic rings. The Labute approximate surface area is 116 Å². The van der Waals surface area contributed by atoms with Gasteiger partial charge in [0, 0.05) is 25.7 Å². The van der Waals surface area contributed by atoms with Crippen LogP contribution in [0.5, 0.6) is 11.5 Å². The monoisotopic (exact) mass is 266 g/mol. The average Bonchev–Trinajstić information content (AvgIpc) is 2.47. The van der Waals surface area contributed by atoms with Crippen molar-refractivity contribution in [1.82, 2.24) is 10.2 Å². The number of nitrogens with zero attached hydrogens (tertiary/aromatic N) is 1. The van der Waals surface area contributed by atoms with Crippen molar-refractivity contribution in [2.45, 2.75) is 13.8 Å². The predicted molar refractivity (Wildman–Crippen MR) is 79.1 cm³/mol. The lowest BCUT2D eigenvalue weighted by molar-refractivity contribution is 0.285. The van der Waals surface area contributed by atoms with Crippen LogP contribution in [0.1, 0.15) is 13.8 Å². The highest BCUT2D eigenvalue weighted by molar-refractivity contribution is 5.32. The maximum absolute atomic E-state index is 5.65. The van der Waals surface area contributed by atoms with Crippen molar-refractivity contribution in [2.75, 3.05) is 46.4 Å². The van der Waals surface area contributed by atoms with Gasteiger partial charge in [0.15, 0.2) is 0 Å². The minimum atomic E-state index is 0.672. The van der Waals surface area contributed by atoms with Gasteiger partial charge in [-0.25, -0.2) is 0 Å². The lowest BCUT2D eigenvalue weighted by atomic mass is 10.3. The van der Waals surface area contributed by atoms with E-state index in [-0.39, 0.29) is 0 Å². The normalized spacial score (nSPS) is 10.7. The predicted octanol–water partition coefficient (Wildman–Crippen LogP) is 2.01. The first-order valence-electron chi connectivity index (χ1n) is 7.00. The number of rotatable bonds is 10. The van der Waals surface area contributed by atoms with Gasteiger partial charge in [0.2, 0.25) is 0 Å². The molecule has 1 aromatic carbocycles. The second-order valence-electron chi connectivity index (χ2n) is 4.30. The number of likely N-dealkylation sites (N-methyl/N-ethyl adjacent to an activating group) is 1. The fraction of sp³-hybridized carbons (Fsp3) is 0.600. The van der Waals surface area contributed by atoms with Gasteiger partial charge < -0.3 is 19.7 Å². The molecule has 0 radical (unpaired) electrons. The largest absolute Gasteiger partial charge is 0.497 e. The molecule has 0 bridgehead atoms. The molecule has 0 amide bonds. The van der Waals surface area contributed by atoms with Crippen LogP contribution in [0.25, 0.3) is 0 Å². The van der Waals surface area contributed by atoms with Gasteiger partial charge in [0.25, 0.3) is 0 Å². The van der Waals surface area contributed by atoms with E-state index in [0.29, 0.717) is 6.61 Å². The van der Waals surface area contributed by atoms with Gasteiger partial charge in [-0.15, -0.1) is 0 Å². The first-order valence-corrected chi connectivity index (χ1v) is 7.00. The molecule has 1 aromatic rings. The maximum Gasteiger partial charge on any atom is 0.123 e. The standard InChI is InChI=1S/C15H26N2O2/c1-4-17(5-2)11-9-16-10-12-19-15-8-6-7-14(13-15)18-3/h6-8,13,16H,4-5,9-12H2,1-3H3. The van der Waals surface area contributed by atoms with Gasteiger partial charge in [0.05, 0.1) is 7.11 Å². The molecular formula is C15H26N2O2. The Kier molecular flexibility index (Phi) is 8.02. The number of methoxy groups -OCH3 is 1. The molecule has 19 heavy (non-hydrogen) atoms. The van der Waals surface area contributed by atoms with E-state index < -0.39 is 0 Å². The Morgan fingerprint density at radius 2 is 1.84 bits per heavy atom. The Bertz CT molecular complexity index is 341. The minimum Gasteiger partial charge on any atom is -0.497 e. The van der Waals surface area contributed by atoms with E-state index in [2.05, 4.69) is 24.1 Å². The zero-order valence-electron chi connectivity index (χ0n) is 12.3. The molecule has 0 unspecified atom stereocenters. The zero-order valence-corrected chi connectivity index (χ0v) is 12.3. The number of benzene rings is 1. The lowest BCUT2D eigenvalue weighted by Crippen LogP contribution is -2.33. The molecule has 0 saturated carbocycles. The Hall–Kier alpha value is -1.26. The summed E-state index contributed by atoms with van der Waals surface area (Å²) < 4.78 is 10.8. The Morgan fingerprint density at radius 1 is 1.11 bits per heavy atom. The third-order valence-corrected chi connectivity index (χ3v) is 3.09. The summed E-state index contributed by atoms with van der Waals surface area (Å²) in [4.78, 5) is 2.40. The molecule has 0 aliphatic heterocycles. The Balaban J connectivity index is 2.10. The molecule has 108 valence electrons. The van der Waals surface area contributed by atoms with Gasteiger partial charge >= 0.3 is 0 Å². The highest BCUT2D eigenvalue weighted by Gasteiger charge is 1.98. The number of hydrogen-bond donors (Lipinski definition) is 1. The maximum atomic E-state index is 5.65. The van der Waals surface area contributed by atoms with Crippen LogP contribution in [-0.4, -0.2) is 51.3 Å². The van der Waals surface area contributed by atoms with E-state index in [9.17, 15) is 0 Å². The number of hydrogen-bond acceptors (Lipinski definition) is 4. The first-order chi connectivity index (χ1) is 9.30. The highest BCUT2D eigenvalue weighted by atomic mass is 16.5. The second-order valence-corrected chi connectivity index (χ2v) is 4.30. The lowest BCUT2D eigenvalue weighted by Gasteiger charge is -2.18. The molecular weight excluding hydrogens is 240 g/mol. The van der Waals surface area contributed by atoms with Gasteiger partial charge in [-0.05, 0) is 25.2 Å². The third-order valence-electron chi connectivity index (χ3n) is 3.09. The molecule has 4 heteroatoms. The zero-order chi connectivity index (χ0) is 13.9. The average molecular weight is 266 g/mol. The van der Waals surface area contributed by atoms with E-state index in [4.69, 9.17) is 9.47 Å². The van der Waals surface area contributed by atoms with Crippen LogP contribution < -0.4 is 14.8 Å². The van der Waals surface area contributed by atoms with Gasteiger partial charge in [-0.3, -0.25) is 0 Å². The smallest absolute Gasteiger partial charge is 0.123 e. The first kappa shape index (κ1) is 15.8. The topological polar surface area (TPSA) is 33.7 Å². The van der Waals surface area contributed by atoms with Gasteiger partial charge in [-0.2, -0.15) is 0 Å². The van der Waals surface area contributed by atoms with Crippen molar-refractivity contribution in [1.29, 1.82) is 0 Å². The van der Waals surface area contributed by atoms with Crippen LogP contribution in [-0.2, 0) is 0 Å². The van der Waals surface area contributed by atoms with E-state index in [0.717, 1.165) is 44.2 Å². The van der Waals surface area contributed by atoms with Crippen molar-refractivity contribution in [3.05, 3.63) is 24.3 Å². The summed E-state index contributed by atoms with van der Waals surface area (Å²) in [5.74, 6) is 1.68. The minimum absolute atomic E-state index is 0.672. The number of ether oxygens (including phenoxy) is 2. The van der Waals surface area contributed by atoms with E-state index >= 15 is 0 Å². The van der Waals surface area contributed by atoms with Gasteiger partial charge in [-0.1, -0.05) is 19.9 Å². The van der Waals surface area contributed by atoms with Crippen molar-refractivity contribution in [3.63, 3.8) is 0 Å². The van der Waals surface area contributed by atoms with Crippen LogP contribution >= 0.6 is 0 Å². The van der Waals surface area contributed by atoms with E-state index in [1.165, 1.54) is 0 Å². The van der Waals surface area contributed by atoms with Crippen molar-refractivity contribution in [2.24, 2.45) is 0 Å². The molecule has 0 atom stereocenters. The quantitative estimate of drug-likeness (QED) is 0.657. The fourth-order valence-corrected chi connectivity index (χ4v) is 1.83. The molecule has 1 N–H and O–H groups in total. The van der Waals surface area contributed by atoms with E-state index in [1.54, 1.807) is 7.11 Å². The molecule has 4 nitrogen and oxygen atoms in total. The summed E-state index contributed by atoms with van der Waals surface area (Å²) in [7, 11) is 1.66. The Morgan fingerprint density at radius 3 is 2.53 bits per heavy atom. The molecule has 0 aromatic heterocycles. The van der Waals surface area contributed by atoms with E-state index in [1.807, 2.05) is 24.3 Å². The third kappa shape index (κ3) is 6.45. The van der Waals surface area contributed by atoms with Crippen molar-refractivity contribution in [3.8, 4) is 11.5 Å². The van der Waals surface area contributed by atoms with Crippen LogP contribution in [0.4, 0.5) is 0 Å². The molecule has 0 fully saturated rings. The number of nitrogens with one attached hydrogen (secondary N) is 1. The molecule has 1 rings (SSSR count). The second kappa shape index (κ2) is 9.64. The summed E-state index contributed by atoms with van der Waals surface area (Å²) in [6.07, 6.45) is 0. The summed E-state index contributed by atoms with van der Waals surface area (Å²) in [5, 5.41) is 3.39.